The SMILES string of the molecule is CC(O)C(NC(=O)C(CCC(N)=O)NC(=O)C(CCC(=O)O)NC(=O)C(N)CO)C(=O)O. The molecular weight excluding hydrogens is 434 g/mol. The molecule has 5 atom stereocenters. The molecule has 0 radical (unpaired) electrons. The van der Waals surface area contributed by atoms with Crippen LogP contribution in [0.5, 0.6) is 0 Å². The molecule has 0 fully saturated rings. The molecule has 0 aliphatic carbocycles. The number of carboxylic acid groups (broad SMARTS) is 2. The molecule has 4 amide bonds. The summed E-state index contributed by atoms with van der Waals surface area (Å²) in [6.07, 6.45) is -3.18. The number of carboxylic acids is 2. The quantitative estimate of drug-likeness (QED) is 0.111. The van der Waals surface area contributed by atoms with Gasteiger partial charge in [-0.1, -0.05) is 0 Å². The summed E-state index contributed by atoms with van der Waals surface area (Å²) in [6, 6.07) is -6.11. The van der Waals surface area contributed by atoms with E-state index in [1.54, 1.807) is 0 Å². The summed E-state index contributed by atoms with van der Waals surface area (Å²) in [5.41, 5.74) is 10.4. The third kappa shape index (κ3) is 10.6. The molecule has 5 unspecified atom stereocenters. The number of aliphatic hydroxyl groups excluding tert-OH is 2. The molecule has 11 N–H and O–H groups in total. The number of nitrogens with two attached hydrogens (primary N) is 2. The van der Waals surface area contributed by atoms with Gasteiger partial charge >= 0.3 is 11.9 Å². The number of nitrogens with one attached hydrogen (secondary N) is 3. The van der Waals surface area contributed by atoms with Crippen LogP contribution in [0.2, 0.25) is 0 Å². The second-order valence-electron chi connectivity index (χ2n) is 6.91. The number of primary amides is 1. The average Bonchev–Trinajstić information content (AvgIpc) is 2.69. The number of amides is 4. The highest BCUT2D eigenvalue weighted by Crippen LogP contribution is 2.05. The van der Waals surface area contributed by atoms with Gasteiger partial charge < -0.3 is 47.8 Å². The first-order chi connectivity index (χ1) is 14.8. The normalized spacial score (nSPS) is 15.4. The molecule has 0 aromatic carbocycles. The molecule has 0 spiro atoms. The van der Waals surface area contributed by atoms with Crippen LogP contribution in [0.15, 0.2) is 0 Å². The van der Waals surface area contributed by atoms with Crippen molar-refractivity contribution in [1.82, 2.24) is 16.0 Å². The lowest BCUT2D eigenvalue weighted by molar-refractivity contribution is -0.145. The van der Waals surface area contributed by atoms with Crippen molar-refractivity contribution in [2.75, 3.05) is 6.61 Å². The summed E-state index contributed by atoms with van der Waals surface area (Å²) in [5, 5.41) is 42.7. The Morgan fingerprint density at radius 1 is 0.844 bits per heavy atom. The van der Waals surface area contributed by atoms with Crippen molar-refractivity contribution in [1.29, 1.82) is 0 Å². The lowest BCUT2D eigenvalue weighted by atomic mass is 10.1. The first-order valence-corrected chi connectivity index (χ1v) is 9.48. The molecule has 0 aliphatic heterocycles. The fourth-order valence-electron chi connectivity index (χ4n) is 2.37. The number of aliphatic hydroxyl groups is 2. The van der Waals surface area contributed by atoms with Crippen LogP contribution < -0.4 is 27.4 Å². The monoisotopic (exact) mass is 463 g/mol. The number of hydrogen-bond donors (Lipinski definition) is 9. The van der Waals surface area contributed by atoms with E-state index in [1.807, 2.05) is 5.32 Å². The molecular formula is C17H29N5O10. The van der Waals surface area contributed by atoms with Crippen molar-refractivity contribution >= 4 is 35.6 Å². The van der Waals surface area contributed by atoms with Gasteiger partial charge in [0.2, 0.25) is 23.6 Å². The highest BCUT2D eigenvalue weighted by molar-refractivity contribution is 5.94. The molecule has 0 saturated carbocycles. The highest BCUT2D eigenvalue weighted by Gasteiger charge is 2.32. The molecule has 32 heavy (non-hydrogen) atoms. The van der Waals surface area contributed by atoms with Gasteiger partial charge in [0.1, 0.15) is 18.1 Å². The Balaban J connectivity index is 5.57. The Morgan fingerprint density at radius 3 is 1.72 bits per heavy atom. The van der Waals surface area contributed by atoms with E-state index in [1.165, 1.54) is 0 Å². The number of carbonyl (C=O) groups is 6. The minimum absolute atomic E-state index is 0.352. The van der Waals surface area contributed by atoms with Crippen LogP contribution in [-0.4, -0.2) is 92.9 Å². The van der Waals surface area contributed by atoms with Gasteiger partial charge in [-0.25, -0.2) is 4.79 Å². The highest BCUT2D eigenvalue weighted by atomic mass is 16.4. The van der Waals surface area contributed by atoms with E-state index < -0.39 is 85.3 Å². The van der Waals surface area contributed by atoms with Gasteiger partial charge in [-0.2, -0.15) is 0 Å². The Bertz CT molecular complexity index is 714. The summed E-state index contributed by atoms with van der Waals surface area (Å²) in [7, 11) is 0. The van der Waals surface area contributed by atoms with Gasteiger partial charge in [0.05, 0.1) is 12.7 Å². The fraction of sp³-hybridized carbons (Fsp3) is 0.647. The van der Waals surface area contributed by atoms with Crippen molar-refractivity contribution in [3.05, 3.63) is 0 Å². The molecule has 0 heterocycles. The number of hydrogen-bond acceptors (Lipinski definition) is 9. The Labute approximate surface area is 182 Å². The zero-order valence-corrected chi connectivity index (χ0v) is 17.3. The zero-order chi connectivity index (χ0) is 25.0. The molecule has 0 bridgehead atoms. The predicted octanol–water partition coefficient (Wildman–Crippen LogP) is -4.64. The lowest BCUT2D eigenvalue weighted by Crippen LogP contribution is -2.58. The molecule has 0 aromatic rings. The van der Waals surface area contributed by atoms with Gasteiger partial charge in [-0.05, 0) is 19.8 Å². The molecule has 0 aromatic heterocycles. The van der Waals surface area contributed by atoms with E-state index in [9.17, 15) is 33.9 Å². The molecule has 0 aliphatic rings. The third-order valence-corrected chi connectivity index (χ3v) is 4.17. The van der Waals surface area contributed by atoms with Gasteiger partial charge in [0.15, 0.2) is 6.04 Å². The zero-order valence-electron chi connectivity index (χ0n) is 17.3. The van der Waals surface area contributed by atoms with Crippen LogP contribution in [-0.2, 0) is 28.8 Å². The third-order valence-electron chi connectivity index (χ3n) is 4.17. The topological polar surface area (TPSA) is 271 Å². The standard InChI is InChI=1S/C17H29N5O10/c1-7(24)13(17(31)32)22-16(30)9(2-4-11(19)25)21-15(29)10(3-5-12(26)27)20-14(28)8(18)6-23/h7-10,13,23-24H,2-6,18H2,1H3,(H2,19,25)(H,20,28)(H,21,29)(H,22,30)(H,26,27)(H,31,32). The van der Waals surface area contributed by atoms with E-state index in [2.05, 4.69) is 10.6 Å². The van der Waals surface area contributed by atoms with Crippen LogP contribution in [0.25, 0.3) is 0 Å². The summed E-state index contributed by atoms with van der Waals surface area (Å²) >= 11 is 0. The number of rotatable bonds is 15. The Hall–Kier alpha value is -3.30. The van der Waals surface area contributed by atoms with Crippen molar-refractivity contribution in [3.63, 3.8) is 0 Å². The van der Waals surface area contributed by atoms with Crippen LogP contribution in [0.3, 0.4) is 0 Å². The van der Waals surface area contributed by atoms with Gasteiger partial charge in [-0.15, -0.1) is 0 Å². The maximum atomic E-state index is 12.6. The second-order valence-corrected chi connectivity index (χ2v) is 6.91. The maximum absolute atomic E-state index is 12.6. The predicted molar refractivity (Wildman–Crippen MR) is 105 cm³/mol. The number of aliphatic carboxylic acids is 2. The van der Waals surface area contributed by atoms with E-state index in [4.69, 9.17) is 26.8 Å². The molecule has 15 heteroatoms. The van der Waals surface area contributed by atoms with Crippen molar-refractivity contribution in [2.45, 2.75) is 62.9 Å². The molecule has 0 saturated heterocycles. The smallest absolute Gasteiger partial charge is 0.328 e. The largest absolute Gasteiger partial charge is 0.481 e. The summed E-state index contributed by atoms with van der Waals surface area (Å²) in [6.45, 7) is 0.358. The summed E-state index contributed by atoms with van der Waals surface area (Å²) in [4.78, 5) is 70.2. The van der Waals surface area contributed by atoms with Gasteiger partial charge in [0.25, 0.3) is 0 Å². The van der Waals surface area contributed by atoms with E-state index in [-0.39, 0.29) is 12.8 Å². The van der Waals surface area contributed by atoms with Crippen LogP contribution in [0, 0.1) is 0 Å². The summed E-state index contributed by atoms with van der Waals surface area (Å²) < 4.78 is 0. The summed E-state index contributed by atoms with van der Waals surface area (Å²) in [5.74, 6) is -6.73. The number of carbonyl (C=O) groups excluding carboxylic acids is 4. The van der Waals surface area contributed by atoms with Gasteiger partial charge in [0, 0.05) is 12.8 Å². The first kappa shape index (κ1) is 28.7. The van der Waals surface area contributed by atoms with E-state index in [0.717, 1.165) is 6.92 Å². The lowest BCUT2D eigenvalue weighted by Gasteiger charge is -2.25. The maximum Gasteiger partial charge on any atom is 0.328 e. The minimum Gasteiger partial charge on any atom is -0.481 e. The van der Waals surface area contributed by atoms with Crippen LogP contribution in [0.1, 0.15) is 32.6 Å². The van der Waals surface area contributed by atoms with Gasteiger partial charge in [-0.3, -0.25) is 24.0 Å². The second kappa shape index (κ2) is 13.9. The van der Waals surface area contributed by atoms with E-state index >= 15 is 0 Å². The first-order valence-electron chi connectivity index (χ1n) is 9.48. The molecule has 15 nitrogen and oxygen atoms in total. The molecule has 182 valence electrons. The van der Waals surface area contributed by atoms with Crippen molar-refractivity contribution in [2.24, 2.45) is 11.5 Å². The Morgan fingerprint density at radius 2 is 1.31 bits per heavy atom. The van der Waals surface area contributed by atoms with Crippen LogP contribution >= 0.6 is 0 Å². The average molecular weight is 463 g/mol. The van der Waals surface area contributed by atoms with Crippen LogP contribution in [0.4, 0.5) is 0 Å². The van der Waals surface area contributed by atoms with E-state index in [0.29, 0.717) is 0 Å². The minimum atomic E-state index is -1.72. The van der Waals surface area contributed by atoms with Crippen molar-refractivity contribution in [3.8, 4) is 0 Å². The fourth-order valence-corrected chi connectivity index (χ4v) is 2.37. The Kier molecular flexibility index (Phi) is 12.5. The van der Waals surface area contributed by atoms with Crippen molar-refractivity contribution < 1.29 is 49.2 Å². The molecule has 0 rings (SSSR count).